The predicted molar refractivity (Wildman–Crippen MR) is 106 cm³/mol. The van der Waals surface area contributed by atoms with Crippen molar-refractivity contribution >= 4 is 16.9 Å². The number of carbonyl (C=O) groups is 1. The number of para-hydroxylation sites is 2. The van der Waals surface area contributed by atoms with Crippen LogP contribution in [0, 0.1) is 0 Å². The van der Waals surface area contributed by atoms with E-state index in [2.05, 4.69) is 54.1 Å². The summed E-state index contributed by atoms with van der Waals surface area (Å²) in [5, 5.41) is 2.99. The summed E-state index contributed by atoms with van der Waals surface area (Å²) in [4.78, 5) is 16.6. The number of fused-ring (bicyclic) bond motifs is 1. The topological polar surface area (TPSA) is 46.9 Å². The van der Waals surface area contributed by atoms with Crippen molar-refractivity contribution in [3.63, 3.8) is 0 Å². The Balaban J connectivity index is 1.87. The first kappa shape index (κ1) is 18.2. The molecule has 3 rings (SSSR count). The van der Waals surface area contributed by atoms with E-state index >= 15 is 0 Å². The molecule has 4 heteroatoms. The molecule has 0 unspecified atom stereocenters. The van der Waals surface area contributed by atoms with E-state index in [0.29, 0.717) is 18.9 Å². The van der Waals surface area contributed by atoms with Gasteiger partial charge < -0.3 is 9.88 Å². The van der Waals surface area contributed by atoms with Crippen LogP contribution < -0.4 is 5.32 Å². The fourth-order valence-electron chi connectivity index (χ4n) is 3.12. The van der Waals surface area contributed by atoms with Gasteiger partial charge in [0.05, 0.1) is 17.6 Å². The molecule has 2 aromatic carbocycles. The number of hydrogen-bond donors (Lipinski definition) is 1. The molecular formula is C22H27N3O. The zero-order chi connectivity index (χ0) is 18.5. The Morgan fingerprint density at radius 2 is 1.85 bits per heavy atom. The smallest absolute Gasteiger partial charge is 0.220 e. The number of nitrogens with zero attached hydrogens (tertiary/aromatic N) is 2. The predicted octanol–water partition coefficient (Wildman–Crippen LogP) is 4.62. The lowest BCUT2D eigenvalue weighted by atomic mass is 10.0. The molecule has 1 heterocycles. The third-order valence-corrected chi connectivity index (χ3v) is 4.64. The van der Waals surface area contributed by atoms with Crippen molar-refractivity contribution in [2.24, 2.45) is 0 Å². The van der Waals surface area contributed by atoms with E-state index in [1.807, 2.05) is 25.1 Å². The van der Waals surface area contributed by atoms with Crippen LogP contribution in [0.1, 0.15) is 56.5 Å². The first-order valence-corrected chi connectivity index (χ1v) is 9.38. The van der Waals surface area contributed by atoms with Crippen LogP contribution in [-0.4, -0.2) is 15.5 Å². The fraction of sp³-hybridized carbons (Fsp3) is 0.364. The Morgan fingerprint density at radius 1 is 1.12 bits per heavy atom. The van der Waals surface area contributed by atoms with Gasteiger partial charge in [-0.1, -0.05) is 57.2 Å². The Kier molecular flexibility index (Phi) is 5.71. The number of imidazole rings is 1. The molecule has 0 aliphatic rings. The maximum atomic E-state index is 11.9. The highest BCUT2D eigenvalue weighted by atomic mass is 16.1. The van der Waals surface area contributed by atoms with Gasteiger partial charge in [0, 0.05) is 13.0 Å². The molecule has 0 radical (unpaired) electrons. The molecule has 0 fully saturated rings. The van der Waals surface area contributed by atoms with Gasteiger partial charge >= 0.3 is 0 Å². The van der Waals surface area contributed by atoms with Crippen molar-refractivity contribution in [2.45, 2.75) is 52.6 Å². The second-order valence-electron chi connectivity index (χ2n) is 7.03. The van der Waals surface area contributed by atoms with E-state index in [1.54, 1.807) is 0 Å². The number of aromatic nitrogens is 2. The van der Waals surface area contributed by atoms with Gasteiger partial charge in [-0.05, 0) is 35.6 Å². The van der Waals surface area contributed by atoms with Crippen molar-refractivity contribution in [3.05, 3.63) is 65.5 Å². The SMILES string of the molecule is CCCC(=O)NCc1nc2ccccc2n1Cc1ccc(C(C)C)cc1. The van der Waals surface area contributed by atoms with Crippen LogP contribution in [0.15, 0.2) is 48.5 Å². The highest BCUT2D eigenvalue weighted by Gasteiger charge is 2.12. The Labute approximate surface area is 155 Å². The van der Waals surface area contributed by atoms with Crippen molar-refractivity contribution in [2.75, 3.05) is 0 Å². The van der Waals surface area contributed by atoms with Gasteiger partial charge in [-0.2, -0.15) is 0 Å². The summed E-state index contributed by atoms with van der Waals surface area (Å²) >= 11 is 0. The van der Waals surface area contributed by atoms with Gasteiger partial charge in [-0.25, -0.2) is 4.98 Å². The Morgan fingerprint density at radius 3 is 2.54 bits per heavy atom. The summed E-state index contributed by atoms with van der Waals surface area (Å²) in [6.45, 7) is 7.62. The number of nitrogens with one attached hydrogen (secondary N) is 1. The lowest BCUT2D eigenvalue weighted by molar-refractivity contribution is -0.121. The van der Waals surface area contributed by atoms with E-state index < -0.39 is 0 Å². The summed E-state index contributed by atoms with van der Waals surface area (Å²) in [6, 6.07) is 16.9. The first-order valence-electron chi connectivity index (χ1n) is 9.38. The lowest BCUT2D eigenvalue weighted by Gasteiger charge is -2.12. The molecule has 0 spiro atoms. The monoisotopic (exact) mass is 349 g/mol. The minimum atomic E-state index is 0.0763. The summed E-state index contributed by atoms with van der Waals surface area (Å²) in [5.74, 6) is 1.50. The summed E-state index contributed by atoms with van der Waals surface area (Å²) in [7, 11) is 0. The van der Waals surface area contributed by atoms with Crippen LogP contribution >= 0.6 is 0 Å². The maximum Gasteiger partial charge on any atom is 0.220 e. The van der Waals surface area contributed by atoms with Gasteiger partial charge in [-0.15, -0.1) is 0 Å². The zero-order valence-electron chi connectivity index (χ0n) is 15.8. The van der Waals surface area contributed by atoms with Crippen LogP contribution in [0.4, 0.5) is 0 Å². The molecule has 0 saturated carbocycles. The largest absolute Gasteiger partial charge is 0.349 e. The summed E-state index contributed by atoms with van der Waals surface area (Å²) < 4.78 is 2.20. The Hall–Kier alpha value is -2.62. The summed E-state index contributed by atoms with van der Waals surface area (Å²) in [5.41, 5.74) is 4.64. The number of rotatable bonds is 7. The van der Waals surface area contributed by atoms with Gasteiger partial charge in [0.2, 0.25) is 5.91 Å². The van der Waals surface area contributed by atoms with Gasteiger partial charge in [0.25, 0.3) is 0 Å². The second kappa shape index (κ2) is 8.17. The van der Waals surface area contributed by atoms with Crippen LogP contribution in [0.2, 0.25) is 0 Å². The van der Waals surface area contributed by atoms with Gasteiger partial charge in [0.1, 0.15) is 5.82 Å². The van der Waals surface area contributed by atoms with Crippen molar-refractivity contribution < 1.29 is 4.79 Å². The number of carbonyl (C=O) groups excluding carboxylic acids is 1. The second-order valence-corrected chi connectivity index (χ2v) is 7.03. The van der Waals surface area contributed by atoms with Crippen LogP contribution in [-0.2, 0) is 17.9 Å². The first-order chi connectivity index (χ1) is 12.6. The molecule has 1 aromatic heterocycles. The van der Waals surface area contributed by atoms with E-state index in [-0.39, 0.29) is 5.91 Å². The molecule has 0 bridgehead atoms. The standard InChI is InChI=1S/C22H27N3O/c1-4-7-22(26)23-14-21-24-19-8-5-6-9-20(19)25(21)15-17-10-12-18(13-11-17)16(2)3/h5-6,8-13,16H,4,7,14-15H2,1-3H3,(H,23,26). The molecular weight excluding hydrogens is 322 g/mol. The van der Waals surface area contributed by atoms with E-state index in [4.69, 9.17) is 4.98 Å². The lowest BCUT2D eigenvalue weighted by Crippen LogP contribution is -2.24. The average molecular weight is 349 g/mol. The molecule has 1 N–H and O–H groups in total. The van der Waals surface area contributed by atoms with E-state index in [9.17, 15) is 4.79 Å². The molecule has 136 valence electrons. The quantitative estimate of drug-likeness (QED) is 0.676. The average Bonchev–Trinajstić information content (AvgIpc) is 2.98. The van der Waals surface area contributed by atoms with Crippen LogP contribution in [0.5, 0.6) is 0 Å². The molecule has 0 aliphatic heterocycles. The van der Waals surface area contributed by atoms with Crippen molar-refractivity contribution in [1.82, 2.24) is 14.9 Å². The highest BCUT2D eigenvalue weighted by Crippen LogP contribution is 2.20. The molecule has 3 aromatic rings. The van der Waals surface area contributed by atoms with Gasteiger partial charge in [0.15, 0.2) is 0 Å². The number of amides is 1. The molecule has 4 nitrogen and oxygen atoms in total. The number of hydrogen-bond acceptors (Lipinski definition) is 2. The minimum absolute atomic E-state index is 0.0763. The van der Waals surface area contributed by atoms with Crippen LogP contribution in [0.3, 0.4) is 0 Å². The number of benzene rings is 2. The van der Waals surface area contributed by atoms with Crippen molar-refractivity contribution in [1.29, 1.82) is 0 Å². The molecule has 0 atom stereocenters. The van der Waals surface area contributed by atoms with E-state index in [0.717, 1.165) is 29.8 Å². The molecule has 0 aliphatic carbocycles. The third-order valence-electron chi connectivity index (χ3n) is 4.64. The van der Waals surface area contributed by atoms with Crippen LogP contribution in [0.25, 0.3) is 11.0 Å². The minimum Gasteiger partial charge on any atom is -0.349 e. The molecule has 1 amide bonds. The summed E-state index contributed by atoms with van der Waals surface area (Å²) in [6.07, 6.45) is 1.40. The zero-order valence-corrected chi connectivity index (χ0v) is 15.8. The Bertz CT molecular complexity index is 878. The normalized spacial score (nSPS) is 11.2. The van der Waals surface area contributed by atoms with Gasteiger partial charge in [-0.3, -0.25) is 4.79 Å². The fourth-order valence-corrected chi connectivity index (χ4v) is 3.12. The maximum absolute atomic E-state index is 11.9. The highest BCUT2D eigenvalue weighted by molar-refractivity contribution is 5.77. The molecule has 26 heavy (non-hydrogen) atoms. The van der Waals surface area contributed by atoms with Crippen molar-refractivity contribution in [3.8, 4) is 0 Å². The molecule has 0 saturated heterocycles. The van der Waals surface area contributed by atoms with E-state index in [1.165, 1.54) is 11.1 Å². The third kappa shape index (κ3) is 4.13.